The quantitative estimate of drug-likeness (QED) is 0.414. The molecule has 0 heterocycles. The molecule has 1 N–H and O–H groups in total. The minimum Gasteiger partial charge on any atom is -0.453 e. The van der Waals surface area contributed by atoms with Crippen molar-refractivity contribution in [1.82, 2.24) is 4.72 Å². The Morgan fingerprint density at radius 1 is 1.24 bits per heavy atom. The van der Waals surface area contributed by atoms with E-state index in [9.17, 15) is 40.9 Å². The van der Waals surface area contributed by atoms with Gasteiger partial charge in [0.25, 0.3) is 11.6 Å². The highest BCUT2D eigenvalue weighted by atomic mass is 35.5. The Morgan fingerprint density at radius 2 is 1.86 bits per heavy atom. The number of halogens is 5. The zero-order valence-corrected chi connectivity index (χ0v) is 15.7. The summed E-state index contributed by atoms with van der Waals surface area (Å²) >= 11 is 5.63. The van der Waals surface area contributed by atoms with Gasteiger partial charge in [-0.15, -0.1) is 0 Å². The molecule has 0 atom stereocenters. The lowest BCUT2D eigenvalue weighted by atomic mass is 10.1. The maximum atomic E-state index is 14.0. The Morgan fingerprint density at radius 3 is 2.34 bits per heavy atom. The van der Waals surface area contributed by atoms with E-state index in [4.69, 9.17) is 16.3 Å². The van der Waals surface area contributed by atoms with E-state index in [-0.39, 0.29) is 6.07 Å². The Bertz CT molecular complexity index is 1080. The fourth-order valence-electron chi connectivity index (χ4n) is 2.08. The van der Waals surface area contributed by atoms with E-state index in [0.717, 1.165) is 12.1 Å². The molecule has 2 rings (SSSR count). The number of hydrogen-bond acceptors (Lipinski definition) is 6. The molecular formula is C15H9ClF4N2O6S. The number of nitrogens with zero attached hydrogens (tertiary/aromatic N) is 1. The first-order valence-electron chi connectivity index (χ1n) is 7.23. The highest BCUT2D eigenvalue weighted by Gasteiger charge is 2.33. The van der Waals surface area contributed by atoms with Gasteiger partial charge in [-0.25, -0.2) is 17.5 Å². The van der Waals surface area contributed by atoms with Crippen LogP contribution in [0.4, 0.5) is 23.2 Å². The number of sulfonamides is 1. The van der Waals surface area contributed by atoms with Gasteiger partial charge >= 0.3 is 6.18 Å². The van der Waals surface area contributed by atoms with E-state index in [2.05, 4.69) is 0 Å². The highest BCUT2D eigenvalue weighted by Crippen LogP contribution is 2.39. The Balaban J connectivity index is 2.48. The van der Waals surface area contributed by atoms with Crippen LogP contribution in [-0.2, 0) is 16.2 Å². The number of rotatable bonds is 5. The van der Waals surface area contributed by atoms with Crippen LogP contribution in [-0.4, -0.2) is 25.5 Å². The second-order valence-electron chi connectivity index (χ2n) is 5.51. The number of hydrogen-bond donors (Lipinski definition) is 1. The van der Waals surface area contributed by atoms with E-state index in [0.29, 0.717) is 18.4 Å². The van der Waals surface area contributed by atoms with E-state index in [1.807, 2.05) is 0 Å². The van der Waals surface area contributed by atoms with Crippen molar-refractivity contribution in [3.05, 3.63) is 62.4 Å². The molecule has 29 heavy (non-hydrogen) atoms. The summed E-state index contributed by atoms with van der Waals surface area (Å²) in [5, 5.41) is 10.3. The first kappa shape index (κ1) is 22.4. The molecule has 0 radical (unpaired) electrons. The normalized spacial score (nSPS) is 11.8. The van der Waals surface area contributed by atoms with E-state index < -0.39 is 66.2 Å². The molecule has 8 nitrogen and oxygen atoms in total. The second kappa shape index (κ2) is 7.83. The Kier molecular flexibility index (Phi) is 6.04. The lowest BCUT2D eigenvalue weighted by Gasteiger charge is -2.13. The predicted molar refractivity (Wildman–Crippen MR) is 91.9 cm³/mol. The van der Waals surface area contributed by atoms with Gasteiger partial charge in [0.05, 0.1) is 21.8 Å². The number of nitro benzene ring substituents is 1. The van der Waals surface area contributed by atoms with E-state index in [1.54, 1.807) is 0 Å². The number of benzene rings is 2. The molecule has 0 aromatic heterocycles. The van der Waals surface area contributed by atoms with Gasteiger partial charge in [0.1, 0.15) is 11.3 Å². The number of nitrogens with one attached hydrogen (secondary N) is 1. The van der Waals surface area contributed by atoms with Gasteiger partial charge in [-0.2, -0.15) is 13.2 Å². The maximum Gasteiger partial charge on any atom is 0.416 e. The monoisotopic (exact) mass is 456 g/mol. The van der Waals surface area contributed by atoms with Crippen LogP contribution < -0.4 is 9.46 Å². The minimum atomic E-state index is -4.87. The lowest BCUT2D eigenvalue weighted by molar-refractivity contribution is -0.385. The predicted octanol–water partition coefficient (Wildman–Crippen LogP) is 3.89. The zero-order chi connectivity index (χ0) is 22.1. The standard InChI is InChI=1S/C15H9ClF4N2O6S/c1-29(26,27)21-14(23)9-6-8(2-3-12(9)22(24)25)28-13-10(16)4-7(5-11(13)17)15(18,19)20/h2-6H,1H3,(H,21,23). The maximum absolute atomic E-state index is 14.0. The fraction of sp³-hybridized carbons (Fsp3) is 0.133. The average molecular weight is 457 g/mol. The molecule has 2 aromatic rings. The molecule has 156 valence electrons. The van der Waals surface area contributed by atoms with Crippen LogP contribution in [0.25, 0.3) is 0 Å². The molecule has 0 aliphatic carbocycles. The van der Waals surface area contributed by atoms with Crippen molar-refractivity contribution in [3.8, 4) is 11.5 Å². The topological polar surface area (TPSA) is 116 Å². The summed E-state index contributed by atoms with van der Waals surface area (Å²) in [5.41, 5.74) is -2.91. The summed E-state index contributed by atoms with van der Waals surface area (Å²) in [5.74, 6) is -4.10. The van der Waals surface area contributed by atoms with Crippen LogP contribution in [0.3, 0.4) is 0 Å². The van der Waals surface area contributed by atoms with Gasteiger partial charge in [-0.1, -0.05) is 11.6 Å². The SMILES string of the molecule is CS(=O)(=O)NC(=O)c1cc(Oc2c(F)cc(C(F)(F)F)cc2Cl)ccc1[N+](=O)[O-]. The number of nitro groups is 1. The smallest absolute Gasteiger partial charge is 0.416 e. The Labute approximate surface area is 165 Å². The summed E-state index contributed by atoms with van der Waals surface area (Å²) in [4.78, 5) is 22.1. The van der Waals surface area contributed by atoms with E-state index in [1.165, 1.54) is 4.72 Å². The van der Waals surface area contributed by atoms with Crippen molar-refractivity contribution in [2.75, 3.05) is 6.26 Å². The molecule has 0 aliphatic rings. The lowest BCUT2D eigenvalue weighted by Crippen LogP contribution is -2.29. The molecule has 0 unspecified atom stereocenters. The van der Waals surface area contributed by atoms with Crippen LogP contribution in [0.2, 0.25) is 5.02 Å². The second-order valence-corrected chi connectivity index (χ2v) is 7.66. The third-order valence-corrected chi connectivity index (χ3v) is 4.07. The van der Waals surface area contributed by atoms with Gasteiger partial charge in [-0.05, 0) is 18.2 Å². The number of ether oxygens (including phenoxy) is 1. The van der Waals surface area contributed by atoms with Crippen LogP contribution in [0.15, 0.2) is 30.3 Å². The third kappa shape index (κ3) is 5.54. The first-order chi connectivity index (χ1) is 13.2. The molecule has 0 bridgehead atoms. The van der Waals surface area contributed by atoms with Gasteiger partial charge in [0.2, 0.25) is 10.0 Å². The van der Waals surface area contributed by atoms with Crippen molar-refractivity contribution in [2.24, 2.45) is 0 Å². The molecule has 0 saturated carbocycles. The summed E-state index contributed by atoms with van der Waals surface area (Å²) in [6.45, 7) is 0. The molecule has 1 amide bonds. The number of amides is 1. The summed E-state index contributed by atoms with van der Waals surface area (Å²) in [6.07, 6.45) is -4.23. The minimum absolute atomic E-state index is 0.129. The summed E-state index contributed by atoms with van der Waals surface area (Å²) < 4.78 is 81.0. The molecule has 0 aliphatic heterocycles. The van der Waals surface area contributed by atoms with Crippen molar-refractivity contribution in [1.29, 1.82) is 0 Å². The van der Waals surface area contributed by atoms with Crippen molar-refractivity contribution >= 4 is 33.2 Å². The number of alkyl halides is 3. The molecule has 0 fully saturated rings. The highest BCUT2D eigenvalue weighted by molar-refractivity contribution is 7.89. The van der Waals surface area contributed by atoms with Crippen LogP contribution >= 0.6 is 11.6 Å². The van der Waals surface area contributed by atoms with Gasteiger partial charge in [0, 0.05) is 12.1 Å². The fourth-order valence-corrected chi connectivity index (χ4v) is 2.78. The van der Waals surface area contributed by atoms with Crippen molar-refractivity contribution in [3.63, 3.8) is 0 Å². The van der Waals surface area contributed by atoms with Gasteiger partial charge in [0.15, 0.2) is 11.6 Å². The Hall–Kier alpha value is -2.93. The summed E-state index contributed by atoms with van der Waals surface area (Å²) in [6, 6.07) is 2.93. The van der Waals surface area contributed by atoms with Crippen molar-refractivity contribution < 1.29 is 40.4 Å². The molecule has 14 heteroatoms. The third-order valence-electron chi connectivity index (χ3n) is 3.23. The molecule has 0 spiro atoms. The zero-order valence-electron chi connectivity index (χ0n) is 14.1. The molecule has 2 aromatic carbocycles. The summed E-state index contributed by atoms with van der Waals surface area (Å²) in [7, 11) is -4.07. The van der Waals surface area contributed by atoms with Crippen molar-refractivity contribution in [2.45, 2.75) is 6.18 Å². The van der Waals surface area contributed by atoms with Crippen LogP contribution in [0.5, 0.6) is 11.5 Å². The van der Waals surface area contributed by atoms with E-state index >= 15 is 0 Å². The number of carbonyl (C=O) groups is 1. The number of carbonyl (C=O) groups excluding carboxylic acids is 1. The van der Waals surface area contributed by atoms with Gasteiger partial charge in [-0.3, -0.25) is 14.9 Å². The molecular weight excluding hydrogens is 448 g/mol. The largest absolute Gasteiger partial charge is 0.453 e. The van der Waals surface area contributed by atoms with Crippen LogP contribution in [0.1, 0.15) is 15.9 Å². The molecule has 0 saturated heterocycles. The van der Waals surface area contributed by atoms with Gasteiger partial charge < -0.3 is 4.74 Å². The van der Waals surface area contributed by atoms with Crippen LogP contribution in [0, 0.1) is 15.9 Å². The average Bonchev–Trinajstić information content (AvgIpc) is 2.55. The first-order valence-corrected chi connectivity index (χ1v) is 9.50.